The van der Waals surface area contributed by atoms with Crippen LogP contribution in [-0.2, 0) is 11.2 Å². The van der Waals surface area contributed by atoms with Crippen LogP contribution >= 0.6 is 0 Å². The number of nitrogens with zero attached hydrogens (tertiary/aromatic N) is 1. The number of carbonyl (C=O) groups is 2. The lowest BCUT2D eigenvalue weighted by atomic mass is 10.1. The molecule has 1 heterocycles. The molecule has 5 nitrogen and oxygen atoms in total. The van der Waals surface area contributed by atoms with Gasteiger partial charge in [0.15, 0.2) is 12.4 Å². The average molecular weight is 351 g/mol. The van der Waals surface area contributed by atoms with Gasteiger partial charge >= 0.3 is 0 Å². The van der Waals surface area contributed by atoms with E-state index in [-0.39, 0.29) is 18.3 Å². The van der Waals surface area contributed by atoms with Gasteiger partial charge in [-0.1, -0.05) is 12.1 Å². The topological polar surface area (TPSA) is 55.8 Å². The second-order valence-electron chi connectivity index (χ2n) is 6.26. The zero-order valence-corrected chi connectivity index (χ0v) is 14.9. The van der Waals surface area contributed by atoms with Crippen molar-refractivity contribution in [1.29, 1.82) is 0 Å². The summed E-state index contributed by atoms with van der Waals surface area (Å²) >= 11 is 0. The molecule has 0 bridgehead atoms. The van der Waals surface area contributed by atoms with E-state index in [2.05, 4.69) is 0 Å². The number of likely N-dealkylation sites (N-methyl/N-ethyl adjacent to an activating group) is 1. The van der Waals surface area contributed by atoms with Crippen LogP contribution in [0.2, 0.25) is 0 Å². The van der Waals surface area contributed by atoms with E-state index in [1.165, 1.54) is 10.5 Å². The Hall–Kier alpha value is -3.08. The molecule has 0 spiro atoms. The van der Waals surface area contributed by atoms with Crippen LogP contribution in [-0.4, -0.2) is 43.9 Å². The Morgan fingerprint density at radius 1 is 1.15 bits per heavy atom. The fraction of sp³-hybridized carbons (Fsp3) is 0.238. The van der Waals surface area contributed by atoms with Crippen LogP contribution in [0.4, 0.5) is 0 Å². The van der Waals surface area contributed by atoms with Gasteiger partial charge in [0.1, 0.15) is 11.5 Å². The molecule has 0 radical (unpaired) electrons. The Labute approximate surface area is 152 Å². The third-order valence-electron chi connectivity index (χ3n) is 4.14. The molecule has 0 N–H and O–H groups in total. The van der Waals surface area contributed by atoms with E-state index >= 15 is 0 Å². The Balaban J connectivity index is 1.60. The summed E-state index contributed by atoms with van der Waals surface area (Å²) < 4.78 is 10.9. The smallest absolute Gasteiger partial charge is 0.259 e. The van der Waals surface area contributed by atoms with Crippen molar-refractivity contribution in [1.82, 2.24) is 4.90 Å². The number of ketones is 1. The molecule has 134 valence electrons. The highest BCUT2D eigenvalue weighted by Crippen LogP contribution is 2.26. The molecule has 5 heteroatoms. The maximum Gasteiger partial charge on any atom is 0.259 e. The Kier molecular flexibility index (Phi) is 5.37. The first kappa shape index (κ1) is 17.7. The molecule has 0 aromatic heterocycles. The normalized spacial score (nSPS) is 12.5. The summed E-state index contributed by atoms with van der Waals surface area (Å²) in [7, 11) is 3.35. The minimum absolute atomic E-state index is 0.0256. The Bertz CT molecular complexity index is 838. The quantitative estimate of drug-likeness (QED) is 0.593. The van der Waals surface area contributed by atoms with E-state index in [1.54, 1.807) is 50.5 Å². The van der Waals surface area contributed by atoms with Gasteiger partial charge in [-0.3, -0.25) is 9.59 Å². The van der Waals surface area contributed by atoms with Crippen LogP contribution in [0.25, 0.3) is 6.08 Å². The highest BCUT2D eigenvalue weighted by Gasteiger charge is 2.11. The molecule has 1 aliphatic heterocycles. The van der Waals surface area contributed by atoms with Crippen molar-refractivity contribution >= 4 is 17.8 Å². The fourth-order valence-corrected chi connectivity index (χ4v) is 2.57. The van der Waals surface area contributed by atoms with Gasteiger partial charge in [0.25, 0.3) is 5.91 Å². The number of hydrogen-bond donors (Lipinski definition) is 0. The van der Waals surface area contributed by atoms with E-state index in [4.69, 9.17) is 9.47 Å². The Morgan fingerprint density at radius 3 is 2.65 bits per heavy atom. The summed E-state index contributed by atoms with van der Waals surface area (Å²) in [5.74, 6) is 1.28. The first-order chi connectivity index (χ1) is 12.5. The van der Waals surface area contributed by atoms with Crippen LogP contribution < -0.4 is 9.47 Å². The predicted octanol–water partition coefficient (Wildman–Crippen LogP) is 2.98. The average Bonchev–Trinajstić information content (AvgIpc) is 3.12. The van der Waals surface area contributed by atoms with Gasteiger partial charge in [0.05, 0.1) is 6.61 Å². The zero-order chi connectivity index (χ0) is 18.5. The van der Waals surface area contributed by atoms with E-state index in [1.807, 2.05) is 18.2 Å². The molecule has 0 atom stereocenters. The van der Waals surface area contributed by atoms with Gasteiger partial charge in [-0.05, 0) is 53.6 Å². The van der Waals surface area contributed by atoms with Gasteiger partial charge in [0, 0.05) is 26.1 Å². The molecule has 0 unspecified atom stereocenters. The second kappa shape index (κ2) is 7.87. The van der Waals surface area contributed by atoms with Gasteiger partial charge in [-0.25, -0.2) is 0 Å². The Morgan fingerprint density at radius 2 is 1.92 bits per heavy atom. The zero-order valence-electron chi connectivity index (χ0n) is 14.9. The molecule has 0 saturated heterocycles. The van der Waals surface area contributed by atoms with Crippen LogP contribution in [0.15, 0.2) is 48.5 Å². The lowest BCUT2D eigenvalue weighted by Gasteiger charge is -2.11. The molecule has 1 amide bonds. The summed E-state index contributed by atoms with van der Waals surface area (Å²) in [5.41, 5.74) is 2.72. The third kappa shape index (κ3) is 4.30. The fourth-order valence-electron chi connectivity index (χ4n) is 2.57. The molecule has 1 aliphatic rings. The minimum Gasteiger partial charge on any atom is -0.493 e. The first-order valence-corrected chi connectivity index (χ1v) is 8.44. The highest BCUT2D eigenvalue weighted by molar-refractivity contribution is 6.06. The second-order valence-corrected chi connectivity index (χ2v) is 6.26. The van der Waals surface area contributed by atoms with Crippen molar-refractivity contribution in [3.8, 4) is 11.5 Å². The van der Waals surface area contributed by atoms with Gasteiger partial charge in [0.2, 0.25) is 0 Å². The number of fused-ring (bicyclic) bond motifs is 1. The summed E-state index contributed by atoms with van der Waals surface area (Å²) in [5, 5.41) is 0. The molecule has 0 aliphatic carbocycles. The number of hydrogen-bond acceptors (Lipinski definition) is 4. The van der Waals surface area contributed by atoms with Gasteiger partial charge in [-0.2, -0.15) is 0 Å². The largest absolute Gasteiger partial charge is 0.493 e. The van der Waals surface area contributed by atoms with Crippen molar-refractivity contribution < 1.29 is 19.1 Å². The summed E-state index contributed by atoms with van der Waals surface area (Å²) in [6, 6.07) is 12.7. The molecule has 2 aromatic rings. The maximum absolute atomic E-state index is 12.3. The standard InChI is InChI=1S/C21H21NO4/c1-22(2)21(24)14-26-18-7-5-16(6-8-18)19(23)9-3-15-4-10-20-17(13-15)11-12-25-20/h3-10,13H,11-12,14H2,1-2H3/b9-3+. The van der Waals surface area contributed by atoms with Crippen LogP contribution in [0.5, 0.6) is 11.5 Å². The molecule has 0 saturated carbocycles. The lowest BCUT2D eigenvalue weighted by Crippen LogP contribution is -2.27. The summed E-state index contributed by atoms with van der Waals surface area (Å²) in [6.07, 6.45) is 4.27. The third-order valence-corrected chi connectivity index (χ3v) is 4.14. The monoisotopic (exact) mass is 351 g/mol. The molecule has 2 aromatic carbocycles. The first-order valence-electron chi connectivity index (χ1n) is 8.44. The van der Waals surface area contributed by atoms with Gasteiger partial charge in [-0.15, -0.1) is 0 Å². The number of ether oxygens (including phenoxy) is 2. The number of benzene rings is 2. The van der Waals surface area contributed by atoms with Crippen LogP contribution in [0.3, 0.4) is 0 Å². The van der Waals surface area contributed by atoms with Crippen molar-refractivity contribution in [2.24, 2.45) is 0 Å². The molecular formula is C21H21NO4. The number of carbonyl (C=O) groups excluding carboxylic acids is 2. The van der Waals surface area contributed by atoms with Crippen molar-refractivity contribution in [3.05, 3.63) is 65.2 Å². The summed E-state index contributed by atoms with van der Waals surface area (Å²) in [6.45, 7) is 0.693. The van der Waals surface area contributed by atoms with Crippen molar-refractivity contribution in [3.63, 3.8) is 0 Å². The molecular weight excluding hydrogens is 330 g/mol. The van der Waals surface area contributed by atoms with E-state index in [0.717, 1.165) is 24.3 Å². The van der Waals surface area contributed by atoms with E-state index in [0.29, 0.717) is 11.3 Å². The number of rotatable bonds is 6. The van der Waals surface area contributed by atoms with Crippen LogP contribution in [0, 0.1) is 0 Å². The summed E-state index contributed by atoms with van der Waals surface area (Å²) in [4.78, 5) is 25.3. The number of allylic oxidation sites excluding steroid dienone is 1. The van der Waals surface area contributed by atoms with Gasteiger partial charge < -0.3 is 14.4 Å². The van der Waals surface area contributed by atoms with Crippen molar-refractivity contribution in [2.75, 3.05) is 27.3 Å². The molecule has 26 heavy (non-hydrogen) atoms. The maximum atomic E-state index is 12.3. The van der Waals surface area contributed by atoms with E-state index in [9.17, 15) is 9.59 Å². The predicted molar refractivity (Wildman–Crippen MR) is 99.6 cm³/mol. The van der Waals surface area contributed by atoms with E-state index < -0.39 is 0 Å². The highest BCUT2D eigenvalue weighted by atomic mass is 16.5. The SMILES string of the molecule is CN(C)C(=O)COc1ccc(C(=O)/C=C/c2ccc3c(c2)CCO3)cc1. The lowest BCUT2D eigenvalue weighted by molar-refractivity contribution is -0.130. The minimum atomic E-state index is -0.118. The number of amides is 1. The molecule has 3 rings (SSSR count). The van der Waals surface area contributed by atoms with Crippen molar-refractivity contribution in [2.45, 2.75) is 6.42 Å². The van der Waals surface area contributed by atoms with Crippen LogP contribution in [0.1, 0.15) is 21.5 Å². The molecule has 0 fully saturated rings.